The molecule has 1 saturated heterocycles. The maximum absolute atomic E-state index is 12.3. The first-order chi connectivity index (χ1) is 13.3. The first-order valence-electron chi connectivity index (χ1n) is 8.62. The van der Waals surface area contributed by atoms with Crippen LogP contribution < -0.4 is 10.2 Å². The predicted molar refractivity (Wildman–Crippen MR) is 108 cm³/mol. The fraction of sp³-hybridized carbons (Fsp3) is 0.250. The number of carbonyl (C=O) groups is 3. The number of rotatable bonds is 5. The quantitative estimate of drug-likeness (QED) is 0.745. The zero-order chi connectivity index (χ0) is 20.3. The molecule has 2 amide bonds. The van der Waals surface area contributed by atoms with Gasteiger partial charge in [0.15, 0.2) is 6.61 Å². The van der Waals surface area contributed by atoms with E-state index in [9.17, 15) is 14.4 Å². The van der Waals surface area contributed by atoms with Crippen molar-refractivity contribution in [1.82, 2.24) is 0 Å². The second-order valence-corrected chi connectivity index (χ2v) is 7.37. The Bertz CT molecular complexity index is 932. The van der Waals surface area contributed by atoms with Gasteiger partial charge in [-0.05, 0) is 42.8 Å². The van der Waals surface area contributed by atoms with Crippen molar-refractivity contribution in [3.63, 3.8) is 0 Å². The van der Waals surface area contributed by atoms with E-state index in [1.807, 2.05) is 31.2 Å². The second-order valence-electron chi connectivity index (χ2n) is 6.52. The largest absolute Gasteiger partial charge is 0.455 e. The van der Waals surface area contributed by atoms with Crippen LogP contribution in [0.3, 0.4) is 0 Å². The van der Waals surface area contributed by atoms with E-state index in [1.165, 1.54) is 6.07 Å². The van der Waals surface area contributed by atoms with Gasteiger partial charge in [0.1, 0.15) is 0 Å². The van der Waals surface area contributed by atoms with Crippen molar-refractivity contribution in [3.05, 3.63) is 58.1 Å². The van der Waals surface area contributed by atoms with Gasteiger partial charge in [-0.1, -0.05) is 35.3 Å². The van der Waals surface area contributed by atoms with Gasteiger partial charge in [-0.25, -0.2) is 0 Å². The van der Waals surface area contributed by atoms with Crippen molar-refractivity contribution < 1.29 is 19.1 Å². The lowest BCUT2D eigenvalue weighted by molar-refractivity contribution is -0.151. The molecule has 1 aliphatic heterocycles. The van der Waals surface area contributed by atoms with Crippen LogP contribution in [0, 0.1) is 12.8 Å². The van der Waals surface area contributed by atoms with Gasteiger partial charge in [0.05, 0.1) is 16.6 Å². The van der Waals surface area contributed by atoms with Crippen LogP contribution in [-0.4, -0.2) is 30.9 Å². The van der Waals surface area contributed by atoms with Gasteiger partial charge in [0.25, 0.3) is 5.91 Å². The number of halogens is 2. The maximum atomic E-state index is 12.3. The molecule has 0 spiro atoms. The number of esters is 1. The number of nitrogens with one attached hydrogen (secondary N) is 1. The van der Waals surface area contributed by atoms with E-state index in [-0.39, 0.29) is 18.9 Å². The zero-order valence-electron chi connectivity index (χ0n) is 15.1. The Hall–Kier alpha value is -2.57. The Morgan fingerprint density at radius 1 is 1.21 bits per heavy atom. The molecule has 1 aliphatic rings. The summed E-state index contributed by atoms with van der Waals surface area (Å²) in [5.41, 5.74) is 2.10. The number of nitrogens with zero attached hydrogens (tertiary/aromatic N) is 1. The molecule has 28 heavy (non-hydrogen) atoms. The Labute approximate surface area is 172 Å². The van der Waals surface area contributed by atoms with Gasteiger partial charge in [0, 0.05) is 23.7 Å². The smallest absolute Gasteiger partial charge is 0.311 e. The molecule has 146 valence electrons. The van der Waals surface area contributed by atoms with Crippen LogP contribution in [0.15, 0.2) is 42.5 Å². The Kier molecular flexibility index (Phi) is 6.21. The van der Waals surface area contributed by atoms with E-state index in [0.717, 1.165) is 11.3 Å². The van der Waals surface area contributed by atoms with Crippen LogP contribution in [0.25, 0.3) is 0 Å². The van der Waals surface area contributed by atoms with E-state index in [2.05, 4.69) is 5.32 Å². The summed E-state index contributed by atoms with van der Waals surface area (Å²) in [7, 11) is 0. The van der Waals surface area contributed by atoms with Crippen LogP contribution in [0.5, 0.6) is 0 Å². The monoisotopic (exact) mass is 420 g/mol. The molecule has 0 radical (unpaired) electrons. The summed E-state index contributed by atoms with van der Waals surface area (Å²) in [4.78, 5) is 38.1. The average molecular weight is 421 g/mol. The fourth-order valence-electron chi connectivity index (χ4n) is 2.94. The molecular formula is C20H18Cl2N2O4. The summed E-state index contributed by atoms with van der Waals surface area (Å²) in [6, 6.07) is 12.1. The molecule has 0 bridgehead atoms. The molecule has 8 heteroatoms. The number of anilines is 2. The van der Waals surface area contributed by atoms with E-state index in [4.69, 9.17) is 27.9 Å². The van der Waals surface area contributed by atoms with Crippen molar-refractivity contribution in [2.75, 3.05) is 23.4 Å². The molecule has 1 heterocycles. The van der Waals surface area contributed by atoms with Gasteiger partial charge < -0.3 is 15.0 Å². The van der Waals surface area contributed by atoms with Crippen molar-refractivity contribution in [2.45, 2.75) is 13.3 Å². The van der Waals surface area contributed by atoms with Crippen LogP contribution in [0.2, 0.25) is 10.0 Å². The number of hydrogen-bond donors (Lipinski definition) is 1. The fourth-order valence-corrected chi connectivity index (χ4v) is 3.28. The predicted octanol–water partition coefficient (Wildman–Crippen LogP) is 3.84. The van der Waals surface area contributed by atoms with Crippen LogP contribution in [-0.2, 0) is 19.1 Å². The lowest BCUT2D eigenvalue weighted by atomic mass is 10.1. The Morgan fingerprint density at radius 3 is 2.75 bits per heavy atom. The summed E-state index contributed by atoms with van der Waals surface area (Å²) in [6.07, 6.45) is 0.0501. The van der Waals surface area contributed by atoms with Gasteiger partial charge in [0.2, 0.25) is 5.91 Å². The summed E-state index contributed by atoms with van der Waals surface area (Å²) < 4.78 is 5.08. The van der Waals surface area contributed by atoms with Crippen LogP contribution in [0.1, 0.15) is 12.0 Å². The second kappa shape index (κ2) is 8.63. The van der Waals surface area contributed by atoms with Crippen molar-refractivity contribution in [2.24, 2.45) is 5.92 Å². The number of carbonyl (C=O) groups excluding carboxylic acids is 3. The van der Waals surface area contributed by atoms with Crippen molar-refractivity contribution in [1.29, 1.82) is 0 Å². The molecule has 2 aromatic carbocycles. The summed E-state index contributed by atoms with van der Waals surface area (Å²) in [6.45, 7) is 1.68. The number of hydrogen-bond acceptors (Lipinski definition) is 4. The lowest BCUT2D eigenvalue weighted by Gasteiger charge is -2.17. The van der Waals surface area contributed by atoms with Gasteiger partial charge in [-0.2, -0.15) is 0 Å². The van der Waals surface area contributed by atoms with Crippen molar-refractivity contribution >= 4 is 52.4 Å². The summed E-state index contributed by atoms with van der Waals surface area (Å²) in [5, 5.41) is 3.27. The molecule has 0 saturated carbocycles. The standard InChI is InChI=1S/C20H18Cl2N2O4/c1-12-3-2-4-15(7-12)24-10-13(8-19(24)26)20(27)28-11-18(25)23-17-9-14(21)5-6-16(17)22/h2-7,9,13H,8,10-11H2,1H3,(H,23,25)/t13-/m1/s1. The molecule has 6 nitrogen and oxygen atoms in total. The van der Waals surface area contributed by atoms with Crippen LogP contribution >= 0.6 is 23.2 Å². The number of benzene rings is 2. The molecule has 1 fully saturated rings. The van der Waals surface area contributed by atoms with E-state index < -0.39 is 24.4 Å². The molecular weight excluding hydrogens is 403 g/mol. The Balaban J connectivity index is 1.54. The normalized spacial score (nSPS) is 16.2. The third kappa shape index (κ3) is 4.82. The maximum Gasteiger partial charge on any atom is 0.311 e. The van der Waals surface area contributed by atoms with Crippen LogP contribution in [0.4, 0.5) is 11.4 Å². The zero-order valence-corrected chi connectivity index (χ0v) is 16.6. The minimum atomic E-state index is -0.615. The molecule has 0 aromatic heterocycles. The molecule has 1 N–H and O–H groups in total. The third-order valence-corrected chi connectivity index (χ3v) is 4.88. The summed E-state index contributed by atoms with van der Waals surface area (Å²) >= 11 is 11.9. The molecule has 0 aliphatic carbocycles. The highest BCUT2D eigenvalue weighted by Crippen LogP contribution is 2.27. The minimum Gasteiger partial charge on any atom is -0.455 e. The lowest BCUT2D eigenvalue weighted by Crippen LogP contribution is -2.28. The minimum absolute atomic E-state index is 0.0501. The van der Waals surface area contributed by atoms with E-state index in [1.54, 1.807) is 17.0 Å². The number of ether oxygens (including phenoxy) is 1. The number of amides is 2. The molecule has 0 unspecified atom stereocenters. The molecule has 3 rings (SSSR count). The highest BCUT2D eigenvalue weighted by atomic mass is 35.5. The van der Waals surface area contributed by atoms with E-state index >= 15 is 0 Å². The topological polar surface area (TPSA) is 75.7 Å². The first kappa shape index (κ1) is 20.2. The van der Waals surface area contributed by atoms with E-state index in [0.29, 0.717) is 15.7 Å². The Morgan fingerprint density at radius 2 is 2.00 bits per heavy atom. The first-order valence-corrected chi connectivity index (χ1v) is 9.37. The summed E-state index contributed by atoms with van der Waals surface area (Å²) in [5.74, 6) is -1.90. The molecule has 2 aromatic rings. The third-order valence-electron chi connectivity index (χ3n) is 4.32. The number of aryl methyl sites for hydroxylation is 1. The van der Waals surface area contributed by atoms with Gasteiger partial charge in [-0.3, -0.25) is 14.4 Å². The SMILES string of the molecule is Cc1cccc(N2C[C@H](C(=O)OCC(=O)Nc3cc(Cl)ccc3Cl)CC2=O)c1. The highest BCUT2D eigenvalue weighted by Gasteiger charge is 2.36. The highest BCUT2D eigenvalue weighted by molar-refractivity contribution is 6.35. The average Bonchev–Trinajstić information content (AvgIpc) is 3.04. The van der Waals surface area contributed by atoms with Gasteiger partial charge >= 0.3 is 5.97 Å². The van der Waals surface area contributed by atoms with Crippen molar-refractivity contribution in [3.8, 4) is 0 Å². The van der Waals surface area contributed by atoms with Gasteiger partial charge in [-0.15, -0.1) is 0 Å². The molecule has 1 atom stereocenters.